The second-order valence-corrected chi connectivity index (χ2v) is 6.46. The van der Waals surface area contributed by atoms with Crippen LogP contribution in [0.25, 0.3) is 0 Å². The van der Waals surface area contributed by atoms with Gasteiger partial charge in [0.15, 0.2) is 0 Å². The fourth-order valence-electron chi connectivity index (χ4n) is 3.78. The highest BCUT2D eigenvalue weighted by molar-refractivity contribution is 6.72. The van der Waals surface area contributed by atoms with Crippen LogP contribution in [0.15, 0.2) is 24.3 Å². The number of aliphatic hydroxyl groups excluding tert-OH is 1. The summed E-state index contributed by atoms with van der Waals surface area (Å²) in [6.45, 7) is -0.276. The minimum atomic E-state index is -0.459. The molecule has 4 nitrogen and oxygen atoms in total. The molecule has 1 aromatic carbocycles. The van der Waals surface area contributed by atoms with Crippen LogP contribution in [0, 0.1) is 11.2 Å². The van der Waals surface area contributed by atoms with Crippen molar-refractivity contribution in [3.8, 4) is 5.97 Å². The van der Waals surface area contributed by atoms with E-state index in [0.29, 0.717) is 19.2 Å². The molecule has 0 radical (unpaired) electrons. The topological polar surface area (TPSA) is 73.1 Å². The van der Waals surface area contributed by atoms with E-state index >= 15 is 0 Å². The largest absolute Gasteiger partial charge is 0.393 e. The van der Waals surface area contributed by atoms with Crippen molar-refractivity contribution in [2.75, 3.05) is 0 Å². The zero-order valence-electron chi connectivity index (χ0n) is 12.7. The maximum absolute atomic E-state index is 12.6. The molecule has 1 amide bonds. The third kappa shape index (κ3) is 3.03. The van der Waals surface area contributed by atoms with Crippen molar-refractivity contribution < 1.29 is 9.90 Å². The summed E-state index contributed by atoms with van der Waals surface area (Å²) in [5.41, 5.74) is 2.51. The number of carbonyl (C=O) groups excluding carboxylic acids is 1. The molecule has 0 bridgehead atoms. The molecule has 1 heterocycles. The number of aryl methyl sites for hydroxylation is 1. The summed E-state index contributed by atoms with van der Waals surface area (Å²) < 4.78 is 0. The Morgan fingerprint density at radius 3 is 3.00 bits per heavy atom. The first-order chi connectivity index (χ1) is 10.7. The average molecular weight is 296 g/mol. The van der Waals surface area contributed by atoms with E-state index in [1.807, 2.05) is 12.1 Å². The number of aliphatic hydroxyl groups is 1. The smallest absolute Gasteiger partial charge is 0.280 e. The molecule has 5 heteroatoms. The Morgan fingerprint density at radius 1 is 1.36 bits per heavy atom. The lowest BCUT2D eigenvalue weighted by atomic mass is 9.36. The molecule has 114 valence electrons. The number of fused-ring (bicyclic) bond motifs is 1. The van der Waals surface area contributed by atoms with E-state index in [1.54, 1.807) is 0 Å². The van der Waals surface area contributed by atoms with Crippen LogP contribution in [-0.4, -0.2) is 23.8 Å². The lowest BCUT2D eigenvalue weighted by Gasteiger charge is -2.31. The lowest BCUT2D eigenvalue weighted by Crippen LogP contribution is -2.42. The lowest BCUT2D eigenvalue weighted by molar-refractivity contribution is -0.122. The molecule has 1 aliphatic carbocycles. The maximum atomic E-state index is 12.6. The molecule has 1 saturated heterocycles. The van der Waals surface area contributed by atoms with Gasteiger partial charge >= 0.3 is 0 Å². The summed E-state index contributed by atoms with van der Waals surface area (Å²) in [5, 5.41) is 22.2. The van der Waals surface area contributed by atoms with Gasteiger partial charge in [0.25, 0.3) is 6.71 Å². The van der Waals surface area contributed by atoms with Crippen LogP contribution in [0.2, 0.25) is 12.1 Å². The molecule has 2 N–H and O–H groups in total. The molecular weight excluding hydrogens is 275 g/mol. The Labute approximate surface area is 131 Å². The molecular formula is C17H21BN2O2. The van der Waals surface area contributed by atoms with Crippen molar-refractivity contribution >= 4 is 12.6 Å². The molecule has 0 unspecified atom stereocenters. The normalized spacial score (nSPS) is 27.6. The van der Waals surface area contributed by atoms with Crippen LogP contribution >= 0.6 is 0 Å². The minimum Gasteiger partial charge on any atom is -0.393 e. The third-order valence-electron chi connectivity index (χ3n) is 5.01. The Kier molecular flexibility index (Phi) is 4.49. The number of benzene rings is 1. The van der Waals surface area contributed by atoms with Gasteiger partial charge in [0.05, 0.1) is 12.1 Å². The van der Waals surface area contributed by atoms with Crippen LogP contribution in [-0.2, 0) is 11.2 Å². The molecule has 0 saturated carbocycles. The number of amides is 1. The van der Waals surface area contributed by atoms with Gasteiger partial charge in [-0.05, 0) is 43.2 Å². The maximum Gasteiger partial charge on any atom is 0.280 e. The number of nitriles is 1. The van der Waals surface area contributed by atoms with E-state index < -0.39 is 6.10 Å². The third-order valence-corrected chi connectivity index (χ3v) is 5.01. The van der Waals surface area contributed by atoms with Gasteiger partial charge in [-0.2, -0.15) is 0 Å². The second kappa shape index (κ2) is 6.54. The van der Waals surface area contributed by atoms with Crippen molar-refractivity contribution in [2.45, 2.75) is 56.4 Å². The molecule has 0 aromatic heterocycles. The van der Waals surface area contributed by atoms with Crippen LogP contribution < -0.4 is 5.32 Å². The molecule has 0 spiro atoms. The second-order valence-electron chi connectivity index (χ2n) is 6.46. The standard InChI is InChI=1S/C17H21BN2O2/c19-11-18-9-8-13(21)10-15(18)17(22)20-16-7-3-5-12-4-1-2-6-14(12)16/h1-2,4,6,13,15-16,21H,3,5,7-10H2,(H,20,22)/t13-,15+,16-/m1/s1. The van der Waals surface area contributed by atoms with Crippen molar-refractivity contribution in [3.05, 3.63) is 35.4 Å². The first kappa shape index (κ1) is 15.1. The molecule has 1 aromatic rings. The average Bonchev–Trinajstić information content (AvgIpc) is 2.55. The molecule has 22 heavy (non-hydrogen) atoms. The van der Waals surface area contributed by atoms with E-state index in [1.165, 1.54) is 11.1 Å². The summed E-state index contributed by atoms with van der Waals surface area (Å²) in [5.74, 6) is 1.78. The van der Waals surface area contributed by atoms with Crippen molar-refractivity contribution in [1.82, 2.24) is 5.32 Å². The molecule has 3 rings (SSSR count). The Balaban J connectivity index is 1.73. The monoisotopic (exact) mass is 296 g/mol. The molecule has 1 fully saturated rings. The van der Waals surface area contributed by atoms with Crippen LogP contribution in [0.5, 0.6) is 0 Å². The Bertz CT molecular complexity index is 599. The molecule has 1 aliphatic heterocycles. The van der Waals surface area contributed by atoms with Crippen LogP contribution in [0.4, 0.5) is 0 Å². The number of carbonyl (C=O) groups is 1. The first-order valence-electron chi connectivity index (χ1n) is 8.15. The summed E-state index contributed by atoms with van der Waals surface area (Å²) in [4.78, 5) is 12.6. The van der Waals surface area contributed by atoms with Gasteiger partial charge in [-0.3, -0.25) is 4.79 Å². The highest BCUT2D eigenvalue weighted by Gasteiger charge is 2.39. The highest BCUT2D eigenvalue weighted by Crippen LogP contribution is 2.33. The molecule has 2 aliphatic rings. The van der Waals surface area contributed by atoms with Crippen LogP contribution in [0.1, 0.15) is 42.9 Å². The van der Waals surface area contributed by atoms with Crippen molar-refractivity contribution in [3.63, 3.8) is 0 Å². The van der Waals surface area contributed by atoms with Gasteiger partial charge in [-0.25, -0.2) is 5.26 Å². The van der Waals surface area contributed by atoms with Gasteiger partial charge in [-0.15, -0.1) is 0 Å². The van der Waals surface area contributed by atoms with E-state index in [9.17, 15) is 15.2 Å². The van der Waals surface area contributed by atoms with Gasteiger partial charge < -0.3 is 10.4 Å². The number of hydrogen-bond donors (Lipinski definition) is 2. The Hall–Kier alpha value is -1.80. The molecule has 3 atom stereocenters. The summed E-state index contributed by atoms with van der Waals surface area (Å²) in [7, 11) is 0. The number of nitrogens with one attached hydrogen (secondary N) is 1. The fraction of sp³-hybridized carbons (Fsp3) is 0.529. The number of rotatable bonds is 2. The summed E-state index contributed by atoms with van der Waals surface area (Å²) in [6, 6.07) is 8.28. The van der Waals surface area contributed by atoms with E-state index in [2.05, 4.69) is 23.4 Å². The summed E-state index contributed by atoms with van der Waals surface area (Å²) >= 11 is 0. The SMILES string of the molecule is N#CB1CC[C@@H](O)C[C@H]1C(=O)N[C@@H]1CCCc2ccccc21. The number of nitrogens with zero attached hydrogens (tertiary/aromatic N) is 1. The summed E-state index contributed by atoms with van der Waals surface area (Å²) in [6.07, 6.45) is 4.24. The zero-order chi connectivity index (χ0) is 15.5. The van der Waals surface area contributed by atoms with Crippen molar-refractivity contribution in [1.29, 1.82) is 5.26 Å². The number of hydrogen-bond acceptors (Lipinski definition) is 3. The predicted octanol–water partition coefficient (Wildman–Crippen LogP) is 2.26. The van der Waals surface area contributed by atoms with E-state index in [4.69, 9.17) is 0 Å². The van der Waals surface area contributed by atoms with E-state index in [-0.39, 0.29) is 24.5 Å². The van der Waals surface area contributed by atoms with E-state index in [0.717, 1.165) is 19.3 Å². The predicted molar refractivity (Wildman–Crippen MR) is 85.4 cm³/mol. The van der Waals surface area contributed by atoms with Gasteiger partial charge in [-0.1, -0.05) is 30.6 Å². The fourth-order valence-corrected chi connectivity index (χ4v) is 3.78. The quantitative estimate of drug-likeness (QED) is 0.822. The zero-order valence-corrected chi connectivity index (χ0v) is 12.7. The van der Waals surface area contributed by atoms with Crippen LogP contribution in [0.3, 0.4) is 0 Å². The Morgan fingerprint density at radius 2 is 2.18 bits per heavy atom. The van der Waals surface area contributed by atoms with Gasteiger partial charge in [0.1, 0.15) is 0 Å². The minimum absolute atomic E-state index is 0.0378. The first-order valence-corrected chi connectivity index (χ1v) is 8.15. The van der Waals surface area contributed by atoms with Crippen molar-refractivity contribution in [2.24, 2.45) is 0 Å². The van der Waals surface area contributed by atoms with Gasteiger partial charge in [0.2, 0.25) is 5.91 Å². The highest BCUT2D eigenvalue weighted by atomic mass is 16.3. The van der Waals surface area contributed by atoms with Gasteiger partial charge in [0, 0.05) is 11.8 Å².